The van der Waals surface area contributed by atoms with Gasteiger partial charge in [0.2, 0.25) is 5.60 Å². The fraction of sp³-hybridized carbons (Fsp3) is 0.250. The van der Waals surface area contributed by atoms with Gasteiger partial charge in [0, 0.05) is 12.0 Å². The summed E-state index contributed by atoms with van der Waals surface area (Å²) in [6, 6.07) is 24.9. The molecule has 0 aliphatic rings. The summed E-state index contributed by atoms with van der Waals surface area (Å²) < 4.78 is 16.5. The first-order valence-corrected chi connectivity index (χ1v) is 10.9. The minimum atomic E-state index is -1.90. The average Bonchev–Trinajstić information content (AvgIpc) is 2.89. The lowest BCUT2D eigenvalue weighted by Crippen LogP contribution is -2.50. The molecule has 0 fully saturated rings. The molecule has 0 aliphatic carbocycles. The van der Waals surface area contributed by atoms with Crippen molar-refractivity contribution in [2.45, 2.75) is 25.6 Å². The number of ketones is 1. The largest absolute Gasteiger partial charge is 0.469 e. The van der Waals surface area contributed by atoms with Crippen molar-refractivity contribution in [3.05, 3.63) is 107 Å². The van der Waals surface area contributed by atoms with E-state index in [2.05, 4.69) is 0 Å². The van der Waals surface area contributed by atoms with Crippen LogP contribution in [0, 0.1) is 12.8 Å². The Labute approximate surface area is 199 Å². The van der Waals surface area contributed by atoms with E-state index in [0.717, 1.165) is 11.1 Å². The monoisotopic (exact) mass is 460 g/mol. The number of esters is 2. The van der Waals surface area contributed by atoms with E-state index in [1.54, 1.807) is 42.5 Å². The third kappa shape index (κ3) is 5.41. The second-order valence-electron chi connectivity index (χ2n) is 7.94. The molecular formula is C28H28O6. The quantitative estimate of drug-likeness (QED) is 0.324. The molecule has 6 heteroatoms. The predicted molar refractivity (Wildman–Crippen MR) is 127 cm³/mol. The normalized spacial score (nSPS) is 13.4. The van der Waals surface area contributed by atoms with E-state index in [0.29, 0.717) is 11.1 Å². The molecule has 3 rings (SSSR count). The zero-order valence-electron chi connectivity index (χ0n) is 19.5. The molecule has 0 N–H and O–H groups in total. The highest BCUT2D eigenvalue weighted by Gasteiger charge is 2.54. The molecule has 0 unspecified atom stereocenters. The van der Waals surface area contributed by atoms with Crippen LogP contribution in [0.1, 0.15) is 33.5 Å². The lowest BCUT2D eigenvalue weighted by Gasteiger charge is -2.37. The van der Waals surface area contributed by atoms with Gasteiger partial charge in [-0.25, -0.2) is 4.79 Å². The molecule has 0 saturated heterocycles. The number of aryl methyl sites for hydroxylation is 1. The maximum Gasteiger partial charge on any atom is 0.343 e. The van der Waals surface area contributed by atoms with Crippen LogP contribution in [-0.2, 0) is 36.0 Å². The number of carbonyl (C=O) groups is 3. The summed E-state index contributed by atoms with van der Waals surface area (Å²) in [5.74, 6) is -3.14. The molecule has 0 bridgehead atoms. The summed E-state index contributed by atoms with van der Waals surface area (Å²) >= 11 is 0. The zero-order valence-corrected chi connectivity index (χ0v) is 19.5. The molecule has 0 amide bonds. The van der Waals surface area contributed by atoms with E-state index in [1.807, 2.05) is 49.4 Å². The molecule has 0 heterocycles. The Morgan fingerprint density at radius 3 is 1.94 bits per heavy atom. The minimum Gasteiger partial charge on any atom is -0.469 e. The van der Waals surface area contributed by atoms with Gasteiger partial charge in [-0.2, -0.15) is 0 Å². The van der Waals surface area contributed by atoms with Gasteiger partial charge >= 0.3 is 11.9 Å². The van der Waals surface area contributed by atoms with Crippen molar-refractivity contribution in [1.29, 1.82) is 0 Å². The van der Waals surface area contributed by atoms with Crippen molar-refractivity contribution >= 4 is 17.7 Å². The molecule has 0 saturated carbocycles. The predicted octanol–water partition coefficient (Wildman–Crippen LogP) is 4.64. The van der Waals surface area contributed by atoms with Gasteiger partial charge in [-0.1, -0.05) is 90.5 Å². The fourth-order valence-corrected chi connectivity index (χ4v) is 3.89. The van der Waals surface area contributed by atoms with Gasteiger partial charge in [-0.15, -0.1) is 0 Å². The van der Waals surface area contributed by atoms with Crippen molar-refractivity contribution in [3.63, 3.8) is 0 Å². The van der Waals surface area contributed by atoms with Crippen LogP contribution in [0.4, 0.5) is 0 Å². The highest BCUT2D eigenvalue weighted by Crippen LogP contribution is 2.40. The lowest BCUT2D eigenvalue weighted by atomic mass is 9.77. The third-order valence-electron chi connectivity index (χ3n) is 5.74. The maximum absolute atomic E-state index is 13.4. The van der Waals surface area contributed by atoms with Crippen LogP contribution in [0.15, 0.2) is 84.9 Å². The number of benzene rings is 3. The first-order valence-electron chi connectivity index (χ1n) is 10.9. The van der Waals surface area contributed by atoms with Crippen LogP contribution in [0.3, 0.4) is 0 Å². The SMILES string of the molecule is COC(=O)[C@@H](CC(=O)c1ccc(C)cc1)[C@](OCc1ccccc1)(C(=O)OC)c1ccccc1. The molecule has 176 valence electrons. The Morgan fingerprint density at radius 1 is 0.794 bits per heavy atom. The number of ether oxygens (including phenoxy) is 3. The van der Waals surface area contributed by atoms with Crippen molar-refractivity contribution in [2.75, 3.05) is 14.2 Å². The number of hydrogen-bond acceptors (Lipinski definition) is 6. The van der Waals surface area contributed by atoms with Crippen molar-refractivity contribution in [2.24, 2.45) is 5.92 Å². The van der Waals surface area contributed by atoms with Crippen molar-refractivity contribution in [1.82, 2.24) is 0 Å². The highest BCUT2D eigenvalue weighted by atomic mass is 16.6. The summed E-state index contributed by atoms with van der Waals surface area (Å²) in [5.41, 5.74) is 0.708. The van der Waals surface area contributed by atoms with Crippen LogP contribution >= 0.6 is 0 Å². The van der Waals surface area contributed by atoms with Gasteiger partial charge in [-0.3, -0.25) is 9.59 Å². The summed E-state index contributed by atoms with van der Waals surface area (Å²) in [6.07, 6.45) is -0.311. The Morgan fingerprint density at radius 2 is 1.38 bits per heavy atom. The molecule has 0 spiro atoms. The summed E-state index contributed by atoms with van der Waals surface area (Å²) in [5, 5.41) is 0. The van der Waals surface area contributed by atoms with Crippen LogP contribution in [0.25, 0.3) is 0 Å². The molecule has 0 aliphatic heterocycles. The van der Waals surface area contributed by atoms with Crippen LogP contribution in [0.2, 0.25) is 0 Å². The Bertz CT molecular complexity index is 1110. The van der Waals surface area contributed by atoms with Gasteiger partial charge < -0.3 is 14.2 Å². The molecule has 3 aromatic carbocycles. The van der Waals surface area contributed by atoms with Crippen molar-refractivity contribution in [3.8, 4) is 0 Å². The third-order valence-corrected chi connectivity index (χ3v) is 5.74. The van der Waals surface area contributed by atoms with E-state index in [9.17, 15) is 14.4 Å². The van der Waals surface area contributed by atoms with Gasteiger partial charge in [-0.05, 0) is 18.1 Å². The second kappa shape index (κ2) is 11.4. The average molecular weight is 461 g/mol. The fourth-order valence-electron chi connectivity index (χ4n) is 3.89. The van der Waals surface area contributed by atoms with Crippen LogP contribution in [0.5, 0.6) is 0 Å². The van der Waals surface area contributed by atoms with Crippen LogP contribution < -0.4 is 0 Å². The topological polar surface area (TPSA) is 78.9 Å². The smallest absolute Gasteiger partial charge is 0.343 e. The zero-order chi connectivity index (χ0) is 24.6. The van der Waals surface area contributed by atoms with Gasteiger partial charge in [0.05, 0.1) is 20.8 Å². The number of carbonyl (C=O) groups excluding carboxylic acids is 3. The summed E-state index contributed by atoms with van der Waals surface area (Å²) in [4.78, 5) is 39.8. The van der Waals surface area contributed by atoms with Gasteiger partial charge in [0.15, 0.2) is 5.78 Å². The molecular weight excluding hydrogens is 432 g/mol. The first-order chi connectivity index (χ1) is 16.4. The van der Waals surface area contributed by atoms with Gasteiger partial charge in [0.1, 0.15) is 5.92 Å². The molecule has 2 atom stereocenters. The van der Waals surface area contributed by atoms with Crippen LogP contribution in [-0.4, -0.2) is 31.9 Å². The minimum absolute atomic E-state index is 0.0110. The van der Waals surface area contributed by atoms with E-state index in [1.165, 1.54) is 14.2 Å². The molecule has 0 radical (unpaired) electrons. The highest BCUT2D eigenvalue weighted by molar-refractivity contribution is 6.00. The summed E-state index contributed by atoms with van der Waals surface area (Å²) in [6.45, 7) is 1.93. The van der Waals surface area contributed by atoms with E-state index in [-0.39, 0.29) is 18.8 Å². The Hall–Kier alpha value is -3.77. The summed E-state index contributed by atoms with van der Waals surface area (Å²) in [7, 11) is 2.44. The second-order valence-corrected chi connectivity index (χ2v) is 7.94. The van der Waals surface area contributed by atoms with Crippen molar-refractivity contribution < 1.29 is 28.6 Å². The van der Waals surface area contributed by atoms with E-state index >= 15 is 0 Å². The standard InChI is InChI=1S/C28H28O6/c1-20-14-16-22(17-15-20)25(29)18-24(26(30)32-2)28(27(31)33-3,23-12-8-5-9-13-23)34-19-21-10-6-4-7-11-21/h4-17,24H,18-19H2,1-3H3/t24-,28+/m1/s1. The number of hydrogen-bond donors (Lipinski definition) is 0. The number of rotatable bonds is 10. The maximum atomic E-state index is 13.4. The molecule has 3 aromatic rings. The molecule has 0 aromatic heterocycles. The number of methoxy groups -OCH3 is 2. The van der Waals surface area contributed by atoms with Gasteiger partial charge in [0.25, 0.3) is 0 Å². The lowest BCUT2D eigenvalue weighted by molar-refractivity contribution is -0.192. The molecule has 34 heavy (non-hydrogen) atoms. The first kappa shape index (κ1) is 24.9. The van der Waals surface area contributed by atoms with E-state index in [4.69, 9.17) is 14.2 Å². The number of Topliss-reactive ketones (excluding diaryl/α,β-unsaturated/α-hetero) is 1. The molecule has 6 nitrogen and oxygen atoms in total. The Balaban J connectivity index is 2.11. The van der Waals surface area contributed by atoms with E-state index < -0.39 is 23.5 Å². The Kier molecular flexibility index (Phi) is 8.33.